The molecule has 0 aliphatic rings. The lowest BCUT2D eigenvalue weighted by Crippen LogP contribution is -2.13. The van der Waals surface area contributed by atoms with Crippen molar-refractivity contribution >= 4 is 5.97 Å². The summed E-state index contributed by atoms with van der Waals surface area (Å²) in [4.78, 5) is 11.4. The molecule has 0 aliphatic heterocycles. The molecule has 0 saturated carbocycles. The molecular formula is C9H15N3O3. The zero-order valence-electron chi connectivity index (χ0n) is 8.90. The van der Waals surface area contributed by atoms with Crippen LogP contribution in [0.5, 0.6) is 5.75 Å². The lowest BCUT2D eigenvalue weighted by molar-refractivity contribution is 0.0514. The van der Waals surface area contributed by atoms with Crippen LogP contribution in [0.4, 0.5) is 0 Å². The summed E-state index contributed by atoms with van der Waals surface area (Å²) in [5.74, 6) is -0.0773. The average Bonchev–Trinajstić information content (AvgIpc) is 2.57. The van der Waals surface area contributed by atoms with Crippen LogP contribution < -0.4 is 10.5 Å². The number of ether oxygens (including phenoxy) is 2. The van der Waals surface area contributed by atoms with Gasteiger partial charge in [0, 0.05) is 13.6 Å². The van der Waals surface area contributed by atoms with E-state index in [0.29, 0.717) is 25.5 Å². The highest BCUT2D eigenvalue weighted by atomic mass is 16.5. The lowest BCUT2D eigenvalue weighted by Gasteiger charge is -2.03. The molecule has 0 amide bonds. The fourth-order valence-corrected chi connectivity index (χ4v) is 1.08. The Morgan fingerprint density at radius 2 is 2.40 bits per heavy atom. The van der Waals surface area contributed by atoms with Gasteiger partial charge in [0.1, 0.15) is 6.61 Å². The molecule has 84 valence electrons. The Hall–Kier alpha value is -1.56. The standard InChI is InChI=1S/C9H15N3O3/c1-3-14-9(13)8-7(15-5-4-10)6-12(2)11-8/h6H,3-5,10H2,1-2H3. The van der Waals surface area contributed by atoms with Crippen LogP contribution in [0.15, 0.2) is 6.20 Å². The Morgan fingerprint density at radius 1 is 1.67 bits per heavy atom. The van der Waals surface area contributed by atoms with E-state index in [2.05, 4.69) is 5.10 Å². The molecule has 1 heterocycles. The molecule has 0 saturated heterocycles. The zero-order valence-corrected chi connectivity index (χ0v) is 8.90. The molecule has 15 heavy (non-hydrogen) atoms. The van der Waals surface area contributed by atoms with Gasteiger partial charge in [-0.3, -0.25) is 4.68 Å². The van der Waals surface area contributed by atoms with E-state index in [-0.39, 0.29) is 5.69 Å². The third-order valence-electron chi connectivity index (χ3n) is 1.64. The van der Waals surface area contributed by atoms with E-state index < -0.39 is 5.97 Å². The maximum Gasteiger partial charge on any atom is 0.362 e. The van der Waals surface area contributed by atoms with E-state index in [0.717, 1.165) is 0 Å². The molecule has 0 unspecified atom stereocenters. The molecule has 0 aliphatic carbocycles. The average molecular weight is 213 g/mol. The molecular weight excluding hydrogens is 198 g/mol. The number of hydrogen-bond donors (Lipinski definition) is 1. The number of aryl methyl sites for hydroxylation is 1. The molecule has 6 nitrogen and oxygen atoms in total. The van der Waals surface area contributed by atoms with E-state index in [4.69, 9.17) is 15.2 Å². The van der Waals surface area contributed by atoms with Crippen molar-refractivity contribution in [1.82, 2.24) is 9.78 Å². The van der Waals surface area contributed by atoms with Crippen molar-refractivity contribution in [3.8, 4) is 5.75 Å². The highest BCUT2D eigenvalue weighted by Crippen LogP contribution is 2.16. The van der Waals surface area contributed by atoms with Crippen molar-refractivity contribution in [3.05, 3.63) is 11.9 Å². The number of aromatic nitrogens is 2. The first kappa shape index (κ1) is 11.5. The van der Waals surface area contributed by atoms with Crippen LogP contribution >= 0.6 is 0 Å². The minimum atomic E-state index is -0.481. The van der Waals surface area contributed by atoms with Gasteiger partial charge in [0.05, 0.1) is 12.8 Å². The smallest absolute Gasteiger partial charge is 0.362 e. The highest BCUT2D eigenvalue weighted by molar-refractivity contribution is 5.90. The van der Waals surface area contributed by atoms with Gasteiger partial charge < -0.3 is 15.2 Å². The van der Waals surface area contributed by atoms with Crippen LogP contribution in [0.1, 0.15) is 17.4 Å². The Kier molecular flexibility index (Phi) is 4.11. The Balaban J connectivity index is 2.80. The van der Waals surface area contributed by atoms with Gasteiger partial charge in [0.15, 0.2) is 5.75 Å². The topological polar surface area (TPSA) is 79.4 Å². The molecule has 0 radical (unpaired) electrons. The molecule has 0 atom stereocenters. The number of nitrogens with two attached hydrogens (primary N) is 1. The molecule has 6 heteroatoms. The van der Waals surface area contributed by atoms with E-state index in [1.807, 2.05) is 0 Å². The Morgan fingerprint density at radius 3 is 3.00 bits per heavy atom. The van der Waals surface area contributed by atoms with Gasteiger partial charge in [0.2, 0.25) is 5.69 Å². The number of nitrogens with zero attached hydrogens (tertiary/aromatic N) is 2. The summed E-state index contributed by atoms with van der Waals surface area (Å²) in [5, 5.41) is 3.96. The van der Waals surface area contributed by atoms with Gasteiger partial charge in [0.25, 0.3) is 0 Å². The molecule has 1 aromatic rings. The highest BCUT2D eigenvalue weighted by Gasteiger charge is 2.18. The first-order valence-electron chi connectivity index (χ1n) is 4.72. The summed E-state index contributed by atoms with van der Waals surface area (Å²) in [6, 6.07) is 0. The molecule has 0 bridgehead atoms. The number of carbonyl (C=O) groups is 1. The first-order valence-corrected chi connectivity index (χ1v) is 4.72. The lowest BCUT2D eigenvalue weighted by atomic mass is 10.4. The van der Waals surface area contributed by atoms with Crippen molar-refractivity contribution in [2.45, 2.75) is 6.92 Å². The van der Waals surface area contributed by atoms with E-state index in [9.17, 15) is 4.79 Å². The summed E-state index contributed by atoms with van der Waals surface area (Å²) in [7, 11) is 1.71. The predicted octanol–water partition coefficient (Wildman–Crippen LogP) is -0.0657. The second-order valence-corrected chi connectivity index (χ2v) is 2.87. The number of carbonyl (C=O) groups excluding carboxylic acids is 1. The number of hydrogen-bond acceptors (Lipinski definition) is 5. The normalized spacial score (nSPS) is 10.1. The number of rotatable bonds is 5. The van der Waals surface area contributed by atoms with Crippen molar-refractivity contribution in [2.75, 3.05) is 19.8 Å². The van der Waals surface area contributed by atoms with Crippen molar-refractivity contribution in [2.24, 2.45) is 12.8 Å². The van der Waals surface area contributed by atoms with Gasteiger partial charge in [-0.15, -0.1) is 0 Å². The molecule has 2 N–H and O–H groups in total. The monoisotopic (exact) mass is 213 g/mol. The van der Waals surface area contributed by atoms with Gasteiger partial charge in [-0.1, -0.05) is 0 Å². The van der Waals surface area contributed by atoms with Crippen LogP contribution in [-0.2, 0) is 11.8 Å². The van der Waals surface area contributed by atoms with Gasteiger partial charge in [-0.25, -0.2) is 4.79 Å². The van der Waals surface area contributed by atoms with Crippen LogP contribution in [0, 0.1) is 0 Å². The molecule has 0 aromatic carbocycles. The molecule has 0 spiro atoms. The second kappa shape index (κ2) is 5.35. The maximum absolute atomic E-state index is 11.4. The van der Waals surface area contributed by atoms with Crippen LogP contribution in [0.25, 0.3) is 0 Å². The third kappa shape index (κ3) is 2.95. The van der Waals surface area contributed by atoms with Crippen molar-refractivity contribution < 1.29 is 14.3 Å². The largest absolute Gasteiger partial charge is 0.488 e. The van der Waals surface area contributed by atoms with Crippen molar-refractivity contribution in [1.29, 1.82) is 0 Å². The summed E-state index contributed by atoms with van der Waals surface area (Å²) >= 11 is 0. The SMILES string of the molecule is CCOC(=O)c1nn(C)cc1OCCN. The summed E-state index contributed by atoms with van der Waals surface area (Å²) in [6.45, 7) is 2.78. The Bertz CT molecular complexity index is 335. The predicted molar refractivity (Wildman–Crippen MR) is 53.7 cm³/mol. The van der Waals surface area contributed by atoms with E-state index in [1.54, 1.807) is 20.2 Å². The van der Waals surface area contributed by atoms with Gasteiger partial charge in [-0.05, 0) is 6.92 Å². The minimum absolute atomic E-state index is 0.188. The van der Waals surface area contributed by atoms with Crippen LogP contribution in [-0.4, -0.2) is 35.5 Å². The van der Waals surface area contributed by atoms with E-state index >= 15 is 0 Å². The summed E-state index contributed by atoms with van der Waals surface area (Å²) in [6.07, 6.45) is 1.61. The summed E-state index contributed by atoms with van der Waals surface area (Å²) in [5.41, 5.74) is 5.49. The van der Waals surface area contributed by atoms with E-state index in [1.165, 1.54) is 4.68 Å². The summed E-state index contributed by atoms with van der Waals surface area (Å²) < 4.78 is 11.6. The van der Waals surface area contributed by atoms with Crippen LogP contribution in [0.3, 0.4) is 0 Å². The first-order chi connectivity index (χ1) is 7.19. The van der Waals surface area contributed by atoms with Gasteiger partial charge >= 0.3 is 5.97 Å². The Labute approximate surface area is 88.0 Å². The fourth-order valence-electron chi connectivity index (χ4n) is 1.08. The van der Waals surface area contributed by atoms with Crippen molar-refractivity contribution in [3.63, 3.8) is 0 Å². The molecule has 1 rings (SSSR count). The minimum Gasteiger partial charge on any atom is -0.488 e. The fraction of sp³-hybridized carbons (Fsp3) is 0.556. The van der Waals surface area contributed by atoms with Crippen LogP contribution in [0.2, 0.25) is 0 Å². The van der Waals surface area contributed by atoms with Gasteiger partial charge in [-0.2, -0.15) is 5.10 Å². The molecule has 1 aromatic heterocycles. The second-order valence-electron chi connectivity index (χ2n) is 2.87. The zero-order chi connectivity index (χ0) is 11.3. The number of esters is 1. The maximum atomic E-state index is 11.4. The molecule has 0 fully saturated rings. The third-order valence-corrected chi connectivity index (χ3v) is 1.64. The quantitative estimate of drug-likeness (QED) is 0.693.